The number of rotatable bonds is 10. The lowest BCUT2D eigenvalue weighted by Gasteiger charge is -2.20. The van der Waals surface area contributed by atoms with E-state index in [1.807, 2.05) is 0 Å². The van der Waals surface area contributed by atoms with Gasteiger partial charge in [0.15, 0.2) is 0 Å². The van der Waals surface area contributed by atoms with Crippen molar-refractivity contribution >= 4 is 12.3 Å². The topological polar surface area (TPSA) is 54.4 Å². The Bertz CT molecular complexity index is 250. The van der Waals surface area contributed by atoms with E-state index in [0.717, 1.165) is 19.1 Å². The van der Waals surface area contributed by atoms with Crippen LogP contribution in [0, 0.1) is 23.7 Å². The molecule has 0 saturated heterocycles. The minimum absolute atomic E-state index is 0.111. The van der Waals surface area contributed by atoms with E-state index < -0.39 is 11.9 Å². The molecule has 0 saturated carbocycles. The van der Waals surface area contributed by atoms with Crippen LogP contribution in [-0.2, 0) is 9.59 Å². The van der Waals surface area contributed by atoms with Gasteiger partial charge in [0.2, 0.25) is 0 Å². The minimum Gasteiger partial charge on any atom is -0.481 e. The summed E-state index contributed by atoms with van der Waals surface area (Å²) in [6.07, 6.45) is 5.75. The molecule has 0 heterocycles. The smallest absolute Gasteiger partial charge is 0.306 e. The summed E-state index contributed by atoms with van der Waals surface area (Å²) in [4.78, 5) is 21.8. The first-order chi connectivity index (χ1) is 8.40. The first-order valence-corrected chi connectivity index (χ1v) is 7.08. The summed E-state index contributed by atoms with van der Waals surface area (Å²) < 4.78 is 0. The predicted molar refractivity (Wildman–Crippen MR) is 73.4 cm³/mol. The second-order valence-corrected chi connectivity index (χ2v) is 5.84. The maximum Gasteiger partial charge on any atom is 0.306 e. The van der Waals surface area contributed by atoms with Crippen molar-refractivity contribution in [1.29, 1.82) is 0 Å². The van der Waals surface area contributed by atoms with Crippen molar-refractivity contribution in [3.05, 3.63) is 0 Å². The fourth-order valence-corrected chi connectivity index (χ4v) is 2.67. The van der Waals surface area contributed by atoms with Crippen LogP contribution in [0.15, 0.2) is 0 Å². The Hall–Kier alpha value is -0.860. The Labute approximate surface area is 111 Å². The highest BCUT2D eigenvalue weighted by Gasteiger charge is 2.20. The molecule has 0 bridgehead atoms. The predicted octanol–water partition coefficient (Wildman–Crippen LogP) is 3.76. The third-order valence-corrected chi connectivity index (χ3v) is 3.56. The summed E-state index contributed by atoms with van der Waals surface area (Å²) in [5.74, 6) is -0.175. The van der Waals surface area contributed by atoms with Crippen molar-refractivity contribution in [1.82, 2.24) is 0 Å². The highest BCUT2D eigenvalue weighted by atomic mass is 16.4. The van der Waals surface area contributed by atoms with Gasteiger partial charge in [-0.05, 0) is 31.1 Å². The Balaban J connectivity index is 4.11. The van der Waals surface area contributed by atoms with Crippen LogP contribution in [0.5, 0.6) is 0 Å². The van der Waals surface area contributed by atoms with Crippen LogP contribution in [0.4, 0.5) is 0 Å². The van der Waals surface area contributed by atoms with E-state index in [-0.39, 0.29) is 5.92 Å². The normalized spacial score (nSPS) is 17.8. The molecule has 18 heavy (non-hydrogen) atoms. The van der Waals surface area contributed by atoms with Gasteiger partial charge in [0.25, 0.3) is 0 Å². The zero-order valence-corrected chi connectivity index (χ0v) is 12.2. The van der Waals surface area contributed by atoms with Crippen molar-refractivity contribution in [3.63, 3.8) is 0 Å². The molecular weight excluding hydrogens is 228 g/mol. The van der Waals surface area contributed by atoms with E-state index in [1.54, 1.807) is 6.92 Å². The summed E-state index contributed by atoms with van der Waals surface area (Å²) >= 11 is 0. The summed E-state index contributed by atoms with van der Waals surface area (Å²) in [6.45, 7) is 8.26. The van der Waals surface area contributed by atoms with Gasteiger partial charge in [0, 0.05) is 5.92 Å². The Morgan fingerprint density at radius 2 is 1.72 bits per heavy atom. The van der Waals surface area contributed by atoms with E-state index >= 15 is 0 Å². The summed E-state index contributed by atoms with van der Waals surface area (Å²) in [5, 5.41) is 8.86. The van der Waals surface area contributed by atoms with Gasteiger partial charge in [0.1, 0.15) is 6.29 Å². The van der Waals surface area contributed by atoms with Crippen LogP contribution >= 0.6 is 0 Å². The molecule has 0 aromatic carbocycles. The van der Waals surface area contributed by atoms with Gasteiger partial charge in [-0.3, -0.25) is 4.79 Å². The Morgan fingerprint density at radius 3 is 2.17 bits per heavy atom. The summed E-state index contributed by atoms with van der Waals surface area (Å²) in [5.41, 5.74) is 0. The number of carboxylic acids is 1. The fraction of sp³-hybridized carbons (Fsp3) is 0.867. The Morgan fingerprint density at radius 1 is 1.11 bits per heavy atom. The van der Waals surface area contributed by atoms with Crippen molar-refractivity contribution in [2.24, 2.45) is 23.7 Å². The molecule has 3 nitrogen and oxygen atoms in total. The first-order valence-electron chi connectivity index (χ1n) is 7.08. The van der Waals surface area contributed by atoms with Crippen LogP contribution in [0.1, 0.15) is 59.8 Å². The molecule has 0 spiro atoms. The van der Waals surface area contributed by atoms with Gasteiger partial charge in [-0.15, -0.1) is 0 Å². The fourth-order valence-electron chi connectivity index (χ4n) is 2.67. The number of hydrogen-bond acceptors (Lipinski definition) is 2. The second kappa shape index (κ2) is 9.12. The molecule has 0 radical (unpaired) electrons. The highest BCUT2D eigenvalue weighted by Crippen LogP contribution is 2.25. The van der Waals surface area contributed by atoms with Gasteiger partial charge in [0.05, 0.1) is 5.92 Å². The molecule has 0 aliphatic heterocycles. The van der Waals surface area contributed by atoms with Gasteiger partial charge in [-0.2, -0.15) is 0 Å². The van der Waals surface area contributed by atoms with Crippen LogP contribution < -0.4 is 0 Å². The molecule has 0 fully saturated rings. The largest absolute Gasteiger partial charge is 0.481 e. The molecule has 1 N–H and O–H groups in total. The molecule has 106 valence electrons. The maximum atomic E-state index is 11.0. The van der Waals surface area contributed by atoms with Crippen LogP contribution in [0.25, 0.3) is 0 Å². The highest BCUT2D eigenvalue weighted by molar-refractivity contribution is 5.70. The molecular formula is C15H28O3. The minimum atomic E-state index is -0.811. The number of hydrogen-bond donors (Lipinski definition) is 1. The summed E-state index contributed by atoms with van der Waals surface area (Å²) in [7, 11) is 0. The van der Waals surface area contributed by atoms with Crippen LogP contribution in [0.3, 0.4) is 0 Å². The SMILES string of the molecule is CCCC(C)CC(C)CC(C=O)CC(C)C(=O)O. The molecule has 0 amide bonds. The third-order valence-electron chi connectivity index (χ3n) is 3.56. The van der Waals surface area contributed by atoms with E-state index in [0.29, 0.717) is 18.3 Å². The molecule has 0 aliphatic carbocycles. The van der Waals surface area contributed by atoms with E-state index in [1.165, 1.54) is 12.8 Å². The maximum absolute atomic E-state index is 11.0. The van der Waals surface area contributed by atoms with E-state index in [9.17, 15) is 9.59 Å². The van der Waals surface area contributed by atoms with Crippen LogP contribution in [0.2, 0.25) is 0 Å². The molecule has 0 aliphatic rings. The monoisotopic (exact) mass is 256 g/mol. The lowest BCUT2D eigenvalue weighted by molar-refractivity contribution is -0.141. The number of aliphatic carboxylic acids is 1. The van der Waals surface area contributed by atoms with Crippen molar-refractivity contribution in [3.8, 4) is 0 Å². The molecule has 0 rings (SSSR count). The zero-order valence-electron chi connectivity index (χ0n) is 12.2. The van der Waals surface area contributed by atoms with E-state index in [2.05, 4.69) is 20.8 Å². The molecule has 4 atom stereocenters. The second-order valence-electron chi connectivity index (χ2n) is 5.84. The van der Waals surface area contributed by atoms with E-state index in [4.69, 9.17) is 5.11 Å². The number of carbonyl (C=O) groups excluding carboxylic acids is 1. The molecule has 0 aromatic rings. The quantitative estimate of drug-likeness (QED) is 0.605. The number of carboxylic acid groups (broad SMARTS) is 1. The number of aldehydes is 1. The average molecular weight is 256 g/mol. The lowest BCUT2D eigenvalue weighted by atomic mass is 9.84. The third kappa shape index (κ3) is 7.46. The Kier molecular flexibility index (Phi) is 8.69. The van der Waals surface area contributed by atoms with Gasteiger partial charge in [-0.25, -0.2) is 0 Å². The van der Waals surface area contributed by atoms with Gasteiger partial charge in [-0.1, -0.05) is 40.5 Å². The van der Waals surface area contributed by atoms with Crippen LogP contribution in [-0.4, -0.2) is 17.4 Å². The summed E-state index contributed by atoms with van der Waals surface area (Å²) in [6, 6.07) is 0. The van der Waals surface area contributed by atoms with Crippen molar-refractivity contribution in [2.45, 2.75) is 59.8 Å². The molecule has 0 aromatic heterocycles. The number of carbonyl (C=O) groups is 2. The molecule has 4 unspecified atom stereocenters. The standard InChI is InChI=1S/C15H28O3/c1-5-6-11(2)7-12(3)8-14(10-16)9-13(4)15(17)18/h10-14H,5-9H2,1-4H3,(H,17,18). The lowest BCUT2D eigenvalue weighted by Crippen LogP contribution is -2.18. The van der Waals surface area contributed by atoms with Crippen molar-refractivity contribution in [2.75, 3.05) is 0 Å². The molecule has 3 heteroatoms. The zero-order chi connectivity index (χ0) is 14.1. The first kappa shape index (κ1) is 17.1. The average Bonchev–Trinajstić information content (AvgIpc) is 2.27. The van der Waals surface area contributed by atoms with Gasteiger partial charge < -0.3 is 9.90 Å². The van der Waals surface area contributed by atoms with Gasteiger partial charge >= 0.3 is 5.97 Å². The van der Waals surface area contributed by atoms with Crippen molar-refractivity contribution < 1.29 is 14.7 Å².